The first kappa shape index (κ1) is 14.8. The summed E-state index contributed by atoms with van der Waals surface area (Å²) >= 11 is 1.34. The first-order chi connectivity index (χ1) is 9.50. The van der Waals surface area contributed by atoms with Crippen LogP contribution in [0.25, 0.3) is 0 Å². The fourth-order valence-electron chi connectivity index (χ4n) is 1.79. The van der Waals surface area contributed by atoms with E-state index in [1.54, 1.807) is 42.8 Å². The van der Waals surface area contributed by atoms with Gasteiger partial charge in [-0.3, -0.25) is 4.31 Å². The van der Waals surface area contributed by atoms with Gasteiger partial charge in [0.05, 0.1) is 12.8 Å². The van der Waals surface area contributed by atoms with Gasteiger partial charge in [-0.2, -0.15) is 0 Å². The molecule has 0 radical (unpaired) electrons. The second-order valence-corrected chi connectivity index (χ2v) is 7.02. The van der Waals surface area contributed by atoms with Gasteiger partial charge in [0, 0.05) is 18.5 Å². The van der Waals surface area contributed by atoms with Crippen molar-refractivity contribution in [1.29, 1.82) is 0 Å². The molecule has 0 saturated heterocycles. The molecule has 0 saturated carbocycles. The van der Waals surface area contributed by atoms with E-state index in [1.165, 1.54) is 22.7 Å². The molecule has 1 aromatic carbocycles. The average molecular weight is 312 g/mol. The number of thiophene rings is 1. The summed E-state index contributed by atoms with van der Waals surface area (Å²) < 4.78 is 31.5. The largest absolute Gasteiger partial charge is 0.497 e. The summed E-state index contributed by atoms with van der Waals surface area (Å²) in [6, 6.07) is 8.43. The maximum atomic E-state index is 12.6. The van der Waals surface area contributed by atoms with Gasteiger partial charge in [-0.15, -0.1) is 11.3 Å². The van der Waals surface area contributed by atoms with Crippen LogP contribution in [0.15, 0.2) is 40.6 Å². The minimum Gasteiger partial charge on any atom is -0.497 e. The third-order valence-electron chi connectivity index (χ3n) is 2.96. The van der Waals surface area contributed by atoms with E-state index in [0.717, 1.165) is 0 Å². The van der Waals surface area contributed by atoms with Crippen LogP contribution in [-0.2, 0) is 16.6 Å². The molecule has 0 bridgehead atoms. The van der Waals surface area contributed by atoms with Crippen molar-refractivity contribution < 1.29 is 13.2 Å². The van der Waals surface area contributed by atoms with Crippen molar-refractivity contribution in [2.75, 3.05) is 18.5 Å². The first-order valence-corrected chi connectivity index (χ1v) is 8.22. The molecule has 0 aliphatic heterocycles. The molecule has 0 fully saturated rings. The Morgan fingerprint density at radius 2 is 1.90 bits per heavy atom. The minimum atomic E-state index is -3.59. The Morgan fingerprint density at radius 3 is 2.45 bits per heavy atom. The molecule has 0 aliphatic carbocycles. The van der Waals surface area contributed by atoms with E-state index in [-0.39, 0.29) is 11.4 Å². The molecule has 0 amide bonds. The molecule has 7 heteroatoms. The standard InChI is InChI=1S/C13H16N2O3S2/c1-15(10-3-5-11(18-2)6-4-10)20(16,17)13-7-8-19-12(13)9-14/h3-8H,9,14H2,1-2H3. The normalized spacial score (nSPS) is 11.3. The van der Waals surface area contributed by atoms with Crippen LogP contribution < -0.4 is 14.8 Å². The smallest absolute Gasteiger partial charge is 0.265 e. The fourth-order valence-corrected chi connectivity index (χ4v) is 4.29. The van der Waals surface area contributed by atoms with Crippen LogP contribution in [0, 0.1) is 0 Å². The molecule has 108 valence electrons. The highest BCUT2D eigenvalue weighted by Gasteiger charge is 2.24. The number of ether oxygens (including phenoxy) is 1. The Labute approximate surface area is 122 Å². The van der Waals surface area contributed by atoms with E-state index in [1.807, 2.05) is 0 Å². The lowest BCUT2D eigenvalue weighted by atomic mass is 10.3. The highest BCUT2D eigenvalue weighted by atomic mass is 32.2. The Balaban J connectivity index is 2.38. The fraction of sp³-hybridized carbons (Fsp3) is 0.231. The number of sulfonamides is 1. The maximum Gasteiger partial charge on any atom is 0.265 e. The maximum absolute atomic E-state index is 12.6. The molecule has 1 heterocycles. The van der Waals surface area contributed by atoms with E-state index < -0.39 is 10.0 Å². The summed E-state index contributed by atoms with van der Waals surface area (Å²) in [6.07, 6.45) is 0. The van der Waals surface area contributed by atoms with Crippen molar-refractivity contribution in [3.05, 3.63) is 40.6 Å². The topological polar surface area (TPSA) is 72.6 Å². The third-order valence-corrected chi connectivity index (χ3v) is 5.91. The summed E-state index contributed by atoms with van der Waals surface area (Å²) in [7, 11) is -0.501. The van der Waals surface area contributed by atoms with Gasteiger partial charge < -0.3 is 10.5 Å². The molecule has 2 N–H and O–H groups in total. The van der Waals surface area contributed by atoms with Gasteiger partial charge in [-0.05, 0) is 35.7 Å². The van der Waals surface area contributed by atoms with Crippen LogP contribution in [0.1, 0.15) is 4.88 Å². The minimum absolute atomic E-state index is 0.211. The van der Waals surface area contributed by atoms with E-state index >= 15 is 0 Å². The summed E-state index contributed by atoms with van der Waals surface area (Å²) in [4.78, 5) is 0.925. The molecule has 1 aromatic heterocycles. The van der Waals surface area contributed by atoms with Crippen LogP contribution in [0.4, 0.5) is 5.69 Å². The second kappa shape index (κ2) is 5.82. The monoisotopic (exact) mass is 312 g/mol. The van der Waals surface area contributed by atoms with Gasteiger partial charge >= 0.3 is 0 Å². The van der Waals surface area contributed by atoms with Gasteiger partial charge in [0.1, 0.15) is 10.6 Å². The van der Waals surface area contributed by atoms with Crippen LogP contribution in [0.5, 0.6) is 5.75 Å². The molecule has 0 unspecified atom stereocenters. The van der Waals surface area contributed by atoms with Crippen LogP contribution in [0.2, 0.25) is 0 Å². The summed E-state index contributed by atoms with van der Waals surface area (Å²) in [5, 5.41) is 1.73. The Morgan fingerprint density at radius 1 is 1.25 bits per heavy atom. The van der Waals surface area contributed by atoms with Gasteiger partial charge in [0.2, 0.25) is 0 Å². The number of hydrogen-bond donors (Lipinski definition) is 1. The number of anilines is 1. The highest BCUT2D eigenvalue weighted by Crippen LogP contribution is 2.28. The van der Waals surface area contributed by atoms with Crippen molar-refractivity contribution in [2.24, 2.45) is 5.73 Å². The zero-order valence-corrected chi connectivity index (χ0v) is 12.9. The number of methoxy groups -OCH3 is 1. The molecule has 2 aromatic rings. The zero-order valence-electron chi connectivity index (χ0n) is 11.2. The number of hydrogen-bond acceptors (Lipinski definition) is 5. The van der Waals surface area contributed by atoms with Crippen molar-refractivity contribution in [3.63, 3.8) is 0 Å². The molecule has 0 aliphatic rings. The predicted molar refractivity (Wildman–Crippen MR) is 80.8 cm³/mol. The first-order valence-electron chi connectivity index (χ1n) is 5.90. The number of nitrogens with two attached hydrogens (primary N) is 1. The van der Waals surface area contributed by atoms with E-state index in [0.29, 0.717) is 16.3 Å². The molecule has 5 nitrogen and oxygen atoms in total. The quantitative estimate of drug-likeness (QED) is 0.917. The summed E-state index contributed by atoms with van der Waals surface area (Å²) in [5.74, 6) is 0.678. The van der Waals surface area contributed by atoms with Crippen molar-refractivity contribution in [2.45, 2.75) is 11.4 Å². The molecular formula is C13H16N2O3S2. The van der Waals surface area contributed by atoms with E-state index in [9.17, 15) is 8.42 Å². The van der Waals surface area contributed by atoms with Crippen molar-refractivity contribution >= 4 is 27.0 Å². The van der Waals surface area contributed by atoms with Crippen LogP contribution in [-0.4, -0.2) is 22.6 Å². The molecule has 0 spiro atoms. The number of rotatable bonds is 5. The van der Waals surface area contributed by atoms with Crippen LogP contribution in [0.3, 0.4) is 0 Å². The van der Waals surface area contributed by atoms with Gasteiger partial charge in [0.25, 0.3) is 10.0 Å². The average Bonchev–Trinajstić information content (AvgIpc) is 2.95. The zero-order chi connectivity index (χ0) is 14.8. The Kier molecular flexibility index (Phi) is 4.32. The second-order valence-electron chi connectivity index (χ2n) is 4.08. The van der Waals surface area contributed by atoms with Crippen molar-refractivity contribution in [1.82, 2.24) is 0 Å². The van der Waals surface area contributed by atoms with E-state index in [4.69, 9.17) is 10.5 Å². The Hall–Kier alpha value is -1.57. The highest BCUT2D eigenvalue weighted by molar-refractivity contribution is 7.93. The lowest BCUT2D eigenvalue weighted by molar-refractivity contribution is 0.415. The summed E-state index contributed by atoms with van der Waals surface area (Å²) in [5.41, 5.74) is 6.15. The molecule has 20 heavy (non-hydrogen) atoms. The summed E-state index contributed by atoms with van der Waals surface area (Å²) in [6.45, 7) is 0.211. The number of benzene rings is 1. The molecular weight excluding hydrogens is 296 g/mol. The Bertz CT molecular complexity index is 678. The van der Waals surface area contributed by atoms with Gasteiger partial charge in [0.15, 0.2) is 0 Å². The van der Waals surface area contributed by atoms with Gasteiger partial charge in [-0.1, -0.05) is 0 Å². The number of nitrogens with zero attached hydrogens (tertiary/aromatic N) is 1. The van der Waals surface area contributed by atoms with Gasteiger partial charge in [-0.25, -0.2) is 8.42 Å². The molecule has 0 atom stereocenters. The lowest BCUT2D eigenvalue weighted by Gasteiger charge is -2.19. The SMILES string of the molecule is COc1ccc(N(C)S(=O)(=O)c2ccsc2CN)cc1. The van der Waals surface area contributed by atoms with Crippen LogP contribution >= 0.6 is 11.3 Å². The third kappa shape index (κ3) is 2.65. The molecule has 2 rings (SSSR count). The lowest BCUT2D eigenvalue weighted by Crippen LogP contribution is -2.27. The van der Waals surface area contributed by atoms with Crippen molar-refractivity contribution in [3.8, 4) is 5.75 Å². The van der Waals surface area contributed by atoms with E-state index in [2.05, 4.69) is 0 Å². The predicted octanol–water partition coefficient (Wildman–Crippen LogP) is 2.04.